The van der Waals surface area contributed by atoms with Gasteiger partial charge >= 0.3 is 0 Å². The van der Waals surface area contributed by atoms with Crippen molar-refractivity contribution in [2.45, 2.75) is 468 Å². The number of amides is 1. The lowest BCUT2D eigenvalue weighted by Gasteiger charge is -2.16. The van der Waals surface area contributed by atoms with E-state index in [1.54, 1.807) is 49.7 Å². The summed E-state index contributed by atoms with van der Waals surface area (Å²) in [5.41, 5.74) is 21.5. The van der Waals surface area contributed by atoms with E-state index in [9.17, 15) is 4.79 Å². The summed E-state index contributed by atoms with van der Waals surface area (Å²) in [6, 6.07) is 41.6. The number of carbonyl (C=O) groups excluding carboxylic acids is 1. The normalized spacial score (nSPS) is 10.6. The fourth-order valence-corrected chi connectivity index (χ4v) is 11.5. The molecule has 12 heterocycles. The summed E-state index contributed by atoms with van der Waals surface area (Å²) in [5.74, 6) is 6.75. The number of hydrogen-bond donors (Lipinski definition) is 4. The van der Waals surface area contributed by atoms with Crippen molar-refractivity contribution in [1.29, 1.82) is 0 Å². The van der Waals surface area contributed by atoms with Crippen LogP contribution < -0.4 is 5.32 Å². The first kappa shape index (κ1) is 149. The maximum Gasteiger partial charge on any atom is 0.241 e. The van der Waals surface area contributed by atoms with Crippen molar-refractivity contribution in [3.8, 4) is 0 Å². The van der Waals surface area contributed by atoms with Crippen LogP contribution in [0.5, 0.6) is 0 Å². The van der Waals surface area contributed by atoms with Gasteiger partial charge < -0.3 is 5.32 Å². The molecule has 4 N–H and O–H groups in total. The van der Waals surface area contributed by atoms with E-state index < -0.39 is 0 Å². The van der Waals surface area contributed by atoms with Crippen molar-refractivity contribution in [3.05, 3.63) is 304 Å². The third kappa shape index (κ3) is 75.3. The van der Waals surface area contributed by atoms with Crippen LogP contribution in [-0.2, 0) is 43.4 Å². The van der Waals surface area contributed by atoms with Gasteiger partial charge in [-0.05, 0) is 222 Å². The SMILES string of the molecule is CC.CC.CC.CC.CC.CC.CC.CC.CC.CC.CC.CC.CC(C)c1cc2n(n1)CC(=O)NCC2.CC(C)c1ccc2c(n1)CCCC2.CC(C)c1ccc2c(n1)CCCC2.CC(C)c1ccccc1.CC(C)c1ccccn1.CC(C)c1cccnc1.CC(C)c1ccn[nH]1.CC(C)c1ccn[nH]1.CC(C)c1ccncc1.CC(C)c1ccncn1.CC(C)c1cn[nH]c1.CC(C)c1cnccn1. The quantitative estimate of drug-likeness (QED) is 0.0888. The number of benzene rings is 1. The molecule has 19 heteroatoms. The highest BCUT2D eigenvalue weighted by Gasteiger charge is 2.17. The summed E-state index contributed by atoms with van der Waals surface area (Å²) in [6.45, 7) is 101. The molecule has 804 valence electrons. The number of rotatable bonds is 12. The third-order valence-corrected chi connectivity index (χ3v) is 19.4. The third-order valence-electron chi connectivity index (χ3n) is 19.4. The highest BCUT2D eigenvalue weighted by molar-refractivity contribution is 5.76. The first-order valence-corrected chi connectivity index (χ1v) is 55.0. The number of hydrogen-bond acceptors (Lipinski definition) is 14. The molecule has 1 amide bonds. The molecule has 0 bridgehead atoms. The first-order chi connectivity index (χ1) is 68.4. The molecule has 1 aromatic carbocycles. The number of aromatic nitrogens is 17. The molecule has 0 saturated heterocycles. The highest BCUT2D eigenvalue weighted by atomic mass is 16.2. The molecule has 3 aliphatic rings. The van der Waals surface area contributed by atoms with Gasteiger partial charge in [0.25, 0.3) is 0 Å². The zero-order valence-electron chi connectivity index (χ0n) is 100. The maximum absolute atomic E-state index is 11.3. The number of fused-ring (bicyclic) bond motifs is 3. The average Bonchev–Trinajstić information content (AvgIpc) is 1.55. The van der Waals surface area contributed by atoms with Crippen molar-refractivity contribution in [1.82, 2.24) is 90.5 Å². The standard InChI is InChI=1S/2C12H17N.C10H15N3O.C9H12.3C8H11N.2C7H10N2.3C6H10N2.12C2H6/c2*1-9(2)11-8-7-10-5-3-4-6-12(10)13-11;1-7(2)9-5-8-3-4-11-10(14)6-13(8)12-9;1-8(2)9-6-4-3-5-7-9;1-7(2)8-3-5-9-6-4-8;1-7(2)8-4-3-5-9-6-8;1-7(2)8-5-3-4-6-9-8;1-6(2)7-5-8-3-4-9-7;1-6(2)7-3-4-8-5-9-7;1-5(2)6-3-7-8-4-6;2*1-5(2)6-3-4-7-8-6;12*1-2/h2*7-9H,3-6H2,1-2H3;5,7H,3-4,6H2,1-2H3,(H,11,14);3-8H,1-2H3;3*3-7H,1-2H3;2*3-6H,1-2H3;3*3-5H,1-2H3,(H,7,8);12*1-2H3. The van der Waals surface area contributed by atoms with Gasteiger partial charge in [0.05, 0.1) is 17.6 Å². The summed E-state index contributed by atoms with van der Waals surface area (Å²) in [4.78, 5) is 48.7. The Bertz CT molecular complexity index is 3940. The Morgan fingerprint density at radius 3 is 0.979 bits per heavy atom. The number of nitrogens with one attached hydrogen (secondary N) is 4. The topological polar surface area (TPSA) is 249 Å². The second kappa shape index (κ2) is 105. The highest BCUT2D eigenvalue weighted by Crippen LogP contribution is 2.25. The fraction of sp³-hybridized carbons (Fsp3) is 0.577. The van der Waals surface area contributed by atoms with Gasteiger partial charge in [-0.2, -0.15) is 20.4 Å². The van der Waals surface area contributed by atoms with E-state index in [0.717, 1.165) is 41.4 Å². The Morgan fingerprint density at radius 2 is 0.683 bits per heavy atom. The molecule has 11 aromatic heterocycles. The van der Waals surface area contributed by atoms with E-state index in [1.165, 1.54) is 119 Å². The first-order valence-electron chi connectivity index (χ1n) is 55.0. The number of nitrogens with zero attached hydrogens (tertiary/aromatic N) is 14. The van der Waals surface area contributed by atoms with Gasteiger partial charge in [0.2, 0.25) is 5.91 Å². The van der Waals surface area contributed by atoms with Crippen LogP contribution in [0.1, 0.15) is 525 Å². The molecule has 19 nitrogen and oxygen atoms in total. The minimum atomic E-state index is 0.0576. The van der Waals surface area contributed by atoms with E-state index in [4.69, 9.17) is 9.97 Å². The van der Waals surface area contributed by atoms with Crippen molar-refractivity contribution < 1.29 is 4.79 Å². The Hall–Kier alpha value is -10.6. The zero-order valence-corrected chi connectivity index (χ0v) is 100. The maximum atomic E-state index is 11.3. The molecule has 12 aromatic rings. The van der Waals surface area contributed by atoms with Crippen molar-refractivity contribution in [2.75, 3.05) is 6.54 Å². The average molecular weight is 1960 g/mol. The Balaban J connectivity index is -0.000000191. The number of H-pyrrole nitrogens is 3. The molecule has 1 aliphatic heterocycles. The van der Waals surface area contributed by atoms with Crippen LogP contribution in [0, 0.1) is 0 Å². The summed E-state index contributed by atoms with van der Waals surface area (Å²) in [6.07, 6.45) is 36.1. The lowest BCUT2D eigenvalue weighted by Crippen LogP contribution is -2.26. The fourth-order valence-electron chi connectivity index (χ4n) is 11.5. The van der Waals surface area contributed by atoms with Gasteiger partial charge in [-0.3, -0.25) is 59.7 Å². The van der Waals surface area contributed by atoms with Gasteiger partial charge in [-0.25, -0.2) is 9.97 Å². The molecule has 2 aliphatic carbocycles. The molecule has 0 saturated carbocycles. The molecule has 142 heavy (non-hydrogen) atoms. The van der Waals surface area contributed by atoms with Crippen LogP contribution in [0.25, 0.3) is 0 Å². The van der Waals surface area contributed by atoms with Crippen molar-refractivity contribution in [3.63, 3.8) is 0 Å². The van der Waals surface area contributed by atoms with E-state index in [-0.39, 0.29) is 5.91 Å². The second-order valence-corrected chi connectivity index (χ2v) is 33.3. The number of pyridine rings is 5. The molecule has 15 rings (SSSR count). The molecule has 0 spiro atoms. The molecule has 0 fully saturated rings. The number of aryl methyl sites for hydroxylation is 4. The summed E-state index contributed by atoms with van der Waals surface area (Å²) in [7, 11) is 0. The van der Waals surface area contributed by atoms with Crippen LogP contribution in [0.3, 0.4) is 0 Å². The van der Waals surface area contributed by atoms with E-state index >= 15 is 0 Å². The minimum Gasteiger partial charge on any atom is -0.354 e. The summed E-state index contributed by atoms with van der Waals surface area (Å²) in [5, 5.41) is 27.2. The zero-order chi connectivity index (χ0) is 111. The van der Waals surface area contributed by atoms with E-state index in [1.807, 2.05) is 269 Å². The Morgan fingerprint density at radius 1 is 0.282 bits per heavy atom. The van der Waals surface area contributed by atoms with Gasteiger partial charge in [0, 0.05) is 139 Å². The monoisotopic (exact) mass is 1960 g/mol. The van der Waals surface area contributed by atoms with Crippen molar-refractivity contribution in [2.24, 2.45) is 0 Å². The number of aromatic amines is 3. The van der Waals surface area contributed by atoms with Crippen molar-refractivity contribution >= 4 is 5.91 Å². The summed E-state index contributed by atoms with van der Waals surface area (Å²) >= 11 is 0. The predicted octanol–water partition coefficient (Wildman–Crippen LogP) is 36.4. The lowest BCUT2D eigenvalue weighted by molar-refractivity contribution is -0.121. The largest absolute Gasteiger partial charge is 0.354 e. The lowest BCUT2D eigenvalue weighted by atomic mass is 9.95. The molecule has 0 radical (unpaired) electrons. The van der Waals surface area contributed by atoms with Gasteiger partial charge in [-0.1, -0.05) is 387 Å². The van der Waals surface area contributed by atoms with Crippen LogP contribution in [0.4, 0.5) is 0 Å². The summed E-state index contributed by atoms with van der Waals surface area (Å²) < 4.78 is 1.82. The molecular formula is C123H216N18O. The molecule has 0 unspecified atom stereocenters. The van der Waals surface area contributed by atoms with Gasteiger partial charge in [0.15, 0.2) is 0 Å². The second-order valence-electron chi connectivity index (χ2n) is 33.3. The van der Waals surface area contributed by atoms with Crippen LogP contribution in [0.2, 0.25) is 0 Å². The van der Waals surface area contributed by atoms with E-state index in [0.29, 0.717) is 77.6 Å². The van der Waals surface area contributed by atoms with Crippen LogP contribution in [0.15, 0.2) is 208 Å². The van der Waals surface area contributed by atoms with Gasteiger partial charge in [0.1, 0.15) is 12.9 Å². The molecule has 0 atom stereocenters. The minimum absolute atomic E-state index is 0.0576. The van der Waals surface area contributed by atoms with Gasteiger partial charge in [-0.15, -0.1) is 0 Å². The smallest absolute Gasteiger partial charge is 0.241 e. The Kier molecular flexibility index (Phi) is 110. The number of carbonyl (C=O) groups is 1. The Labute approximate surface area is 874 Å². The van der Waals surface area contributed by atoms with Crippen LogP contribution in [-0.4, -0.2) is 97.7 Å². The predicted molar refractivity (Wildman–Crippen MR) is 625 cm³/mol. The van der Waals surface area contributed by atoms with Crippen LogP contribution >= 0.6 is 0 Å². The van der Waals surface area contributed by atoms with E-state index in [2.05, 4.69) is 303 Å². The molecular weight excluding hydrogens is 1750 g/mol.